The third-order valence-corrected chi connectivity index (χ3v) is 6.82. The Kier molecular flexibility index (Phi) is 5.25. The first-order valence-electron chi connectivity index (χ1n) is 9.69. The first-order valence-corrected chi connectivity index (χ1v) is 10.6. The van der Waals surface area contributed by atoms with E-state index in [1.165, 1.54) is 42.8 Å². The predicted molar refractivity (Wildman–Crippen MR) is 109 cm³/mol. The van der Waals surface area contributed by atoms with Crippen molar-refractivity contribution in [2.45, 2.75) is 45.1 Å². The summed E-state index contributed by atoms with van der Waals surface area (Å²) in [6.45, 7) is 3.07. The summed E-state index contributed by atoms with van der Waals surface area (Å²) in [4.78, 5) is 11.7. The summed E-state index contributed by atoms with van der Waals surface area (Å²) >= 11 is 1.77. The Morgan fingerprint density at radius 1 is 1.23 bits per heavy atom. The molecule has 26 heavy (non-hydrogen) atoms. The maximum absolute atomic E-state index is 4.80. The number of hydrogen-bond acceptors (Lipinski definition) is 3. The highest BCUT2D eigenvalue weighted by Gasteiger charge is 2.43. The van der Waals surface area contributed by atoms with Crippen molar-refractivity contribution in [1.82, 2.24) is 15.2 Å². The normalized spacial score (nSPS) is 19.0. The van der Waals surface area contributed by atoms with E-state index in [1.54, 1.807) is 11.3 Å². The van der Waals surface area contributed by atoms with Gasteiger partial charge in [-0.25, -0.2) is 4.98 Å². The summed E-state index contributed by atoms with van der Waals surface area (Å²) < 4.78 is 0. The van der Waals surface area contributed by atoms with Crippen LogP contribution in [0.25, 0.3) is 0 Å². The van der Waals surface area contributed by atoms with Crippen molar-refractivity contribution in [2.24, 2.45) is 10.4 Å². The van der Waals surface area contributed by atoms with Gasteiger partial charge in [0.25, 0.3) is 0 Å². The zero-order valence-electron chi connectivity index (χ0n) is 15.6. The molecule has 2 aromatic rings. The van der Waals surface area contributed by atoms with Crippen LogP contribution in [0.5, 0.6) is 0 Å². The van der Waals surface area contributed by atoms with Gasteiger partial charge < -0.3 is 10.2 Å². The summed E-state index contributed by atoms with van der Waals surface area (Å²) in [7, 11) is 1.89. The second-order valence-electron chi connectivity index (χ2n) is 7.64. The summed E-state index contributed by atoms with van der Waals surface area (Å²) in [5.41, 5.74) is 3.10. The average molecular weight is 369 g/mol. The maximum atomic E-state index is 4.80. The van der Waals surface area contributed by atoms with Gasteiger partial charge in [-0.1, -0.05) is 36.8 Å². The molecule has 0 amide bonds. The van der Waals surface area contributed by atoms with Crippen LogP contribution in [0.1, 0.15) is 41.9 Å². The Morgan fingerprint density at radius 3 is 2.77 bits per heavy atom. The molecule has 1 aliphatic heterocycles. The van der Waals surface area contributed by atoms with Gasteiger partial charge in [-0.3, -0.25) is 4.99 Å². The molecule has 1 aromatic carbocycles. The first kappa shape index (κ1) is 17.5. The Morgan fingerprint density at radius 2 is 2.08 bits per heavy atom. The van der Waals surface area contributed by atoms with Gasteiger partial charge >= 0.3 is 0 Å². The van der Waals surface area contributed by atoms with Crippen molar-refractivity contribution in [1.29, 1.82) is 0 Å². The van der Waals surface area contributed by atoms with E-state index in [1.807, 2.05) is 7.05 Å². The molecular weight excluding hydrogens is 340 g/mol. The van der Waals surface area contributed by atoms with E-state index < -0.39 is 0 Å². The van der Waals surface area contributed by atoms with Crippen molar-refractivity contribution in [3.05, 3.63) is 52.0 Å². The second kappa shape index (κ2) is 7.78. The molecule has 1 saturated heterocycles. The van der Waals surface area contributed by atoms with Crippen LogP contribution < -0.4 is 5.32 Å². The van der Waals surface area contributed by atoms with Crippen molar-refractivity contribution in [3.63, 3.8) is 0 Å². The SMILES string of the molecule is CN=C(NCc1csc(CCc2ccccc2)n1)N1CCC2(CCC2)C1. The quantitative estimate of drug-likeness (QED) is 0.643. The summed E-state index contributed by atoms with van der Waals surface area (Å²) in [6.07, 6.45) is 7.60. The van der Waals surface area contributed by atoms with E-state index >= 15 is 0 Å². The molecule has 2 aliphatic rings. The van der Waals surface area contributed by atoms with Gasteiger partial charge in [0, 0.05) is 31.9 Å². The van der Waals surface area contributed by atoms with E-state index in [4.69, 9.17) is 4.98 Å². The van der Waals surface area contributed by atoms with Crippen molar-refractivity contribution in [2.75, 3.05) is 20.1 Å². The number of nitrogens with one attached hydrogen (secondary N) is 1. The van der Waals surface area contributed by atoms with Crippen LogP contribution in [0.3, 0.4) is 0 Å². The highest BCUT2D eigenvalue weighted by atomic mass is 32.1. The highest BCUT2D eigenvalue weighted by molar-refractivity contribution is 7.09. The first-order chi connectivity index (χ1) is 12.8. The van der Waals surface area contributed by atoms with E-state index in [0.717, 1.165) is 37.6 Å². The fourth-order valence-electron chi connectivity index (χ4n) is 4.14. The lowest BCUT2D eigenvalue weighted by Gasteiger charge is -2.38. The van der Waals surface area contributed by atoms with Crippen LogP contribution in [-0.2, 0) is 19.4 Å². The number of aliphatic imine (C=N–C) groups is 1. The van der Waals surface area contributed by atoms with Crippen molar-refractivity contribution in [3.8, 4) is 0 Å². The minimum absolute atomic E-state index is 0.600. The molecule has 138 valence electrons. The van der Waals surface area contributed by atoms with Crippen LogP contribution in [0, 0.1) is 5.41 Å². The van der Waals surface area contributed by atoms with Crippen LogP contribution in [0.2, 0.25) is 0 Å². The van der Waals surface area contributed by atoms with Gasteiger partial charge in [0.05, 0.1) is 17.2 Å². The monoisotopic (exact) mass is 368 g/mol. The molecule has 4 nitrogen and oxygen atoms in total. The summed E-state index contributed by atoms with van der Waals surface area (Å²) in [5.74, 6) is 1.03. The fourth-order valence-corrected chi connectivity index (χ4v) is 4.94. The van der Waals surface area contributed by atoms with Crippen molar-refractivity contribution < 1.29 is 0 Å². The zero-order chi connectivity index (χ0) is 17.8. The molecule has 0 atom stereocenters. The number of nitrogens with zero attached hydrogens (tertiary/aromatic N) is 3. The number of aromatic nitrogens is 1. The Labute approximate surface area is 160 Å². The third-order valence-electron chi connectivity index (χ3n) is 5.86. The minimum atomic E-state index is 0.600. The van der Waals surface area contributed by atoms with Gasteiger partial charge in [0.2, 0.25) is 0 Å². The summed E-state index contributed by atoms with van der Waals surface area (Å²) in [5, 5.41) is 6.92. The van der Waals surface area contributed by atoms with Crippen LogP contribution >= 0.6 is 11.3 Å². The number of benzene rings is 1. The number of rotatable bonds is 5. The van der Waals surface area contributed by atoms with Crippen molar-refractivity contribution >= 4 is 17.3 Å². The number of hydrogen-bond donors (Lipinski definition) is 1. The number of thiazole rings is 1. The maximum Gasteiger partial charge on any atom is 0.193 e. The van der Waals surface area contributed by atoms with Gasteiger partial charge in [0.15, 0.2) is 5.96 Å². The van der Waals surface area contributed by atoms with Gasteiger partial charge in [0.1, 0.15) is 0 Å². The van der Waals surface area contributed by atoms with E-state index in [2.05, 4.69) is 50.9 Å². The number of aryl methyl sites for hydroxylation is 2. The largest absolute Gasteiger partial charge is 0.351 e. The second-order valence-corrected chi connectivity index (χ2v) is 8.59. The van der Waals surface area contributed by atoms with Gasteiger partial charge in [-0.2, -0.15) is 0 Å². The van der Waals surface area contributed by atoms with E-state index in [0.29, 0.717) is 5.41 Å². The predicted octanol–water partition coefficient (Wildman–Crippen LogP) is 3.88. The van der Waals surface area contributed by atoms with Gasteiger partial charge in [-0.05, 0) is 36.7 Å². The molecule has 4 rings (SSSR count). The Bertz CT molecular complexity index is 748. The van der Waals surface area contributed by atoms with E-state index in [-0.39, 0.29) is 0 Å². The highest BCUT2D eigenvalue weighted by Crippen LogP contribution is 2.47. The lowest BCUT2D eigenvalue weighted by atomic mass is 9.68. The van der Waals surface area contributed by atoms with Crippen LogP contribution in [0.4, 0.5) is 0 Å². The number of likely N-dealkylation sites (tertiary alicyclic amines) is 1. The van der Waals surface area contributed by atoms with Gasteiger partial charge in [-0.15, -0.1) is 11.3 Å². The topological polar surface area (TPSA) is 40.5 Å². The minimum Gasteiger partial charge on any atom is -0.351 e. The third kappa shape index (κ3) is 3.93. The van der Waals surface area contributed by atoms with Crippen LogP contribution in [-0.4, -0.2) is 36.0 Å². The smallest absolute Gasteiger partial charge is 0.193 e. The molecule has 1 saturated carbocycles. The molecule has 1 aliphatic carbocycles. The fraction of sp³-hybridized carbons (Fsp3) is 0.524. The van der Waals surface area contributed by atoms with E-state index in [9.17, 15) is 0 Å². The molecule has 0 bridgehead atoms. The molecule has 1 N–H and O–H groups in total. The molecule has 2 fully saturated rings. The Hall–Kier alpha value is -1.88. The molecule has 1 aromatic heterocycles. The molecule has 1 spiro atoms. The molecule has 2 heterocycles. The molecular formula is C21H28N4S. The lowest BCUT2D eigenvalue weighted by Crippen LogP contribution is -2.42. The summed E-state index contributed by atoms with van der Waals surface area (Å²) in [6, 6.07) is 10.6. The molecule has 0 radical (unpaired) electrons. The number of guanidine groups is 1. The lowest BCUT2D eigenvalue weighted by molar-refractivity contribution is 0.151. The zero-order valence-corrected chi connectivity index (χ0v) is 16.4. The average Bonchev–Trinajstić information content (AvgIpc) is 3.29. The Balaban J connectivity index is 1.27. The standard InChI is InChI=1S/C21H28N4S/c1-22-20(25-13-12-21(16-25)10-5-11-21)23-14-18-15-26-19(24-18)9-8-17-6-3-2-4-7-17/h2-4,6-7,15H,5,8-14,16H2,1H3,(H,22,23). The van der Waals surface area contributed by atoms with Crippen LogP contribution in [0.15, 0.2) is 40.7 Å². The molecule has 0 unspecified atom stereocenters. The molecule has 5 heteroatoms.